The van der Waals surface area contributed by atoms with Gasteiger partial charge in [0.15, 0.2) is 5.82 Å². The van der Waals surface area contributed by atoms with Crippen molar-refractivity contribution in [2.45, 2.75) is 13.5 Å². The van der Waals surface area contributed by atoms with Gasteiger partial charge >= 0.3 is 0 Å². The second-order valence-corrected chi connectivity index (χ2v) is 4.03. The lowest BCUT2D eigenvalue weighted by molar-refractivity contribution is 0.294. The second-order valence-electron chi connectivity index (χ2n) is 3.64. The number of halogens is 1. The van der Waals surface area contributed by atoms with Crippen molar-refractivity contribution in [2.75, 3.05) is 0 Å². The third kappa shape index (κ3) is 2.96. The van der Waals surface area contributed by atoms with Crippen LogP contribution in [0.2, 0.25) is 5.15 Å². The van der Waals surface area contributed by atoms with Gasteiger partial charge in [-0.1, -0.05) is 23.7 Å². The zero-order valence-electron chi connectivity index (χ0n) is 9.72. The molecule has 2 rings (SSSR count). The maximum atomic E-state index is 8.92. The second kappa shape index (κ2) is 5.48. The lowest BCUT2D eigenvalue weighted by Gasteiger charge is -2.07. The quantitative estimate of drug-likeness (QED) is 0.796. The molecule has 18 heavy (non-hydrogen) atoms. The zero-order chi connectivity index (χ0) is 13.0. The summed E-state index contributed by atoms with van der Waals surface area (Å²) < 4.78 is 5.52. The van der Waals surface area contributed by atoms with Crippen LogP contribution in [0.5, 0.6) is 5.75 Å². The molecule has 5 heteroatoms. The molecule has 0 fully saturated rings. The molecule has 0 aliphatic rings. The Kier molecular flexibility index (Phi) is 3.75. The smallest absolute Gasteiger partial charge is 0.167 e. The molecule has 0 atom stereocenters. The van der Waals surface area contributed by atoms with Crippen LogP contribution in [0.25, 0.3) is 0 Å². The molecule has 0 saturated heterocycles. The molecule has 0 saturated carbocycles. The van der Waals surface area contributed by atoms with Crippen molar-refractivity contribution >= 4 is 11.6 Å². The summed E-state index contributed by atoms with van der Waals surface area (Å²) in [6.07, 6.45) is 0. The fraction of sp³-hybridized carbons (Fsp3) is 0.154. The molecule has 0 bridgehead atoms. The summed E-state index contributed by atoms with van der Waals surface area (Å²) in [5.74, 6) is 1.01. The minimum atomic E-state index is 0.181. The van der Waals surface area contributed by atoms with Crippen molar-refractivity contribution in [3.8, 4) is 11.8 Å². The van der Waals surface area contributed by atoms with E-state index >= 15 is 0 Å². The molecule has 0 N–H and O–H groups in total. The first-order valence-corrected chi connectivity index (χ1v) is 5.69. The molecule has 0 aliphatic carbocycles. The number of para-hydroxylation sites is 1. The summed E-state index contributed by atoms with van der Waals surface area (Å²) in [4.78, 5) is 8.25. The largest absolute Gasteiger partial charge is 0.484 e. The van der Waals surface area contributed by atoms with Crippen molar-refractivity contribution in [2.24, 2.45) is 0 Å². The molecule has 0 aliphatic heterocycles. The summed E-state index contributed by atoms with van der Waals surface area (Å²) in [5, 5.41) is 9.31. The van der Waals surface area contributed by atoms with Gasteiger partial charge in [0.25, 0.3) is 0 Å². The van der Waals surface area contributed by atoms with Crippen LogP contribution in [0.4, 0.5) is 0 Å². The Balaban J connectivity index is 2.14. The number of hydrogen-bond donors (Lipinski definition) is 0. The first-order chi connectivity index (χ1) is 8.69. The maximum absolute atomic E-state index is 8.92. The highest BCUT2D eigenvalue weighted by molar-refractivity contribution is 6.29. The Hall–Kier alpha value is -2.12. The SMILES string of the molecule is Cc1cc(Cl)nc(COc2ccccc2C#N)n1. The van der Waals surface area contributed by atoms with E-state index < -0.39 is 0 Å². The first kappa shape index (κ1) is 12.3. The van der Waals surface area contributed by atoms with Crippen molar-refractivity contribution < 1.29 is 4.74 Å². The average Bonchev–Trinajstić information content (AvgIpc) is 2.35. The van der Waals surface area contributed by atoms with Gasteiger partial charge < -0.3 is 4.74 Å². The lowest BCUT2D eigenvalue weighted by atomic mass is 10.2. The summed E-state index contributed by atoms with van der Waals surface area (Å²) in [6, 6.07) is 10.8. The Bertz CT molecular complexity index is 587. The van der Waals surface area contributed by atoms with Gasteiger partial charge in [-0.2, -0.15) is 5.26 Å². The third-order valence-corrected chi connectivity index (χ3v) is 2.43. The van der Waals surface area contributed by atoms with E-state index in [0.29, 0.717) is 22.3 Å². The van der Waals surface area contributed by atoms with Gasteiger partial charge in [-0.3, -0.25) is 0 Å². The number of benzene rings is 1. The number of ether oxygens (including phenoxy) is 1. The van der Waals surface area contributed by atoms with E-state index in [9.17, 15) is 0 Å². The topological polar surface area (TPSA) is 58.8 Å². The van der Waals surface area contributed by atoms with Gasteiger partial charge in [-0.05, 0) is 25.1 Å². The van der Waals surface area contributed by atoms with Crippen LogP contribution in [0.1, 0.15) is 17.1 Å². The zero-order valence-corrected chi connectivity index (χ0v) is 10.5. The molecule has 0 amide bonds. The molecule has 1 heterocycles. The minimum Gasteiger partial charge on any atom is -0.484 e. The Morgan fingerprint density at radius 2 is 2.11 bits per heavy atom. The van der Waals surface area contributed by atoms with Crippen LogP contribution in [-0.2, 0) is 6.61 Å². The molecule has 2 aromatic rings. The highest BCUT2D eigenvalue weighted by atomic mass is 35.5. The Labute approximate surface area is 110 Å². The predicted molar refractivity (Wildman–Crippen MR) is 67.3 cm³/mol. The third-order valence-electron chi connectivity index (χ3n) is 2.23. The number of hydrogen-bond acceptors (Lipinski definition) is 4. The molecule has 4 nitrogen and oxygen atoms in total. The van der Waals surface area contributed by atoms with Gasteiger partial charge in [0, 0.05) is 5.69 Å². The van der Waals surface area contributed by atoms with Gasteiger partial charge in [-0.15, -0.1) is 0 Å². The molecule has 0 spiro atoms. The molecule has 1 aromatic carbocycles. The van der Waals surface area contributed by atoms with Crippen molar-refractivity contribution in [1.29, 1.82) is 5.26 Å². The van der Waals surface area contributed by atoms with E-state index in [2.05, 4.69) is 16.0 Å². The summed E-state index contributed by atoms with van der Waals surface area (Å²) in [6.45, 7) is 2.01. The standard InChI is InChI=1S/C13H10ClN3O/c1-9-6-12(14)17-13(16-9)8-18-11-5-3-2-4-10(11)7-15/h2-6H,8H2,1H3. The highest BCUT2D eigenvalue weighted by Gasteiger charge is 2.05. The fourth-order valence-electron chi connectivity index (χ4n) is 1.48. The van der Waals surface area contributed by atoms with E-state index in [4.69, 9.17) is 21.6 Å². The van der Waals surface area contributed by atoms with Crippen LogP contribution in [0.3, 0.4) is 0 Å². The number of rotatable bonds is 3. The highest BCUT2D eigenvalue weighted by Crippen LogP contribution is 2.17. The van der Waals surface area contributed by atoms with Gasteiger partial charge in [0.05, 0.1) is 5.56 Å². The predicted octanol–water partition coefficient (Wildman–Crippen LogP) is 2.89. The van der Waals surface area contributed by atoms with Crippen LogP contribution in [-0.4, -0.2) is 9.97 Å². The average molecular weight is 260 g/mol. The molecule has 90 valence electrons. The molecular weight excluding hydrogens is 250 g/mol. The van der Waals surface area contributed by atoms with E-state index in [1.165, 1.54) is 0 Å². The summed E-state index contributed by atoms with van der Waals surface area (Å²) >= 11 is 5.83. The number of nitrogens with zero attached hydrogens (tertiary/aromatic N) is 3. The van der Waals surface area contributed by atoms with Crippen molar-refractivity contribution in [3.63, 3.8) is 0 Å². The van der Waals surface area contributed by atoms with E-state index in [-0.39, 0.29) is 6.61 Å². The van der Waals surface area contributed by atoms with Gasteiger partial charge in [0.1, 0.15) is 23.6 Å². The number of nitriles is 1. The normalized spacial score (nSPS) is 9.83. The maximum Gasteiger partial charge on any atom is 0.167 e. The van der Waals surface area contributed by atoms with Gasteiger partial charge in [-0.25, -0.2) is 9.97 Å². The van der Waals surface area contributed by atoms with E-state index in [1.54, 1.807) is 30.3 Å². The summed E-state index contributed by atoms with van der Waals surface area (Å²) in [7, 11) is 0. The van der Waals surface area contributed by atoms with Crippen LogP contribution in [0, 0.1) is 18.3 Å². The summed E-state index contributed by atoms with van der Waals surface area (Å²) in [5.41, 5.74) is 1.26. The molecular formula is C13H10ClN3O. The minimum absolute atomic E-state index is 0.181. The molecule has 0 unspecified atom stereocenters. The Morgan fingerprint density at radius 1 is 1.33 bits per heavy atom. The number of aromatic nitrogens is 2. The van der Waals surface area contributed by atoms with Crippen molar-refractivity contribution in [1.82, 2.24) is 9.97 Å². The Morgan fingerprint density at radius 3 is 2.83 bits per heavy atom. The lowest BCUT2D eigenvalue weighted by Crippen LogP contribution is -2.03. The first-order valence-electron chi connectivity index (χ1n) is 5.31. The van der Waals surface area contributed by atoms with Crippen LogP contribution in [0.15, 0.2) is 30.3 Å². The van der Waals surface area contributed by atoms with E-state index in [1.807, 2.05) is 6.92 Å². The van der Waals surface area contributed by atoms with Crippen LogP contribution < -0.4 is 4.74 Å². The van der Waals surface area contributed by atoms with E-state index in [0.717, 1.165) is 5.69 Å². The number of aryl methyl sites for hydroxylation is 1. The fourth-order valence-corrected chi connectivity index (χ4v) is 1.74. The van der Waals surface area contributed by atoms with Crippen molar-refractivity contribution in [3.05, 3.63) is 52.6 Å². The van der Waals surface area contributed by atoms with Crippen LogP contribution >= 0.6 is 11.6 Å². The van der Waals surface area contributed by atoms with Gasteiger partial charge in [0.2, 0.25) is 0 Å². The molecule has 0 radical (unpaired) electrons. The molecule has 1 aromatic heterocycles. The monoisotopic (exact) mass is 259 g/mol.